The Morgan fingerprint density at radius 3 is 0.844 bits per heavy atom. The molecule has 0 radical (unpaired) electrons. The van der Waals surface area contributed by atoms with E-state index >= 15 is 0 Å². The van der Waals surface area contributed by atoms with Crippen LogP contribution in [0.15, 0.2) is 176 Å². The first kappa shape index (κ1) is 20.7. The topological polar surface area (TPSA) is 0 Å². The second-order valence-corrected chi connectivity index (χ2v) is 15.3. The van der Waals surface area contributed by atoms with Gasteiger partial charge in [-0.05, 0) is 80.2 Å². The normalized spacial score (nSPS) is 12.6. The minimum atomic E-state index is -3.20. The van der Waals surface area contributed by atoms with Crippen LogP contribution in [0.25, 0.3) is 0 Å². The summed E-state index contributed by atoms with van der Waals surface area (Å²) in [6.45, 7) is 0. The van der Waals surface area contributed by atoms with E-state index in [1.807, 2.05) is 10.8 Å². The van der Waals surface area contributed by atoms with Gasteiger partial charge in [0, 0.05) is 4.90 Å². The van der Waals surface area contributed by atoms with Crippen LogP contribution in [-0.2, 0) is 0 Å². The zero-order valence-electron chi connectivity index (χ0n) is 17.8. The molecule has 158 valence electrons. The van der Waals surface area contributed by atoms with Gasteiger partial charge in [-0.2, -0.15) is 8.19 Å². The zero-order chi connectivity index (χ0) is 21.7. The maximum absolute atomic E-state index is 3.20. The van der Waals surface area contributed by atoms with Crippen LogP contribution >= 0.6 is 19.0 Å². The summed E-state index contributed by atoms with van der Waals surface area (Å²) in [6, 6.07) is 55.3. The van der Waals surface area contributed by atoms with Crippen molar-refractivity contribution in [3.8, 4) is 0 Å². The number of benzene rings is 5. The van der Waals surface area contributed by atoms with Gasteiger partial charge in [0.2, 0.25) is 0 Å². The summed E-state index contributed by atoms with van der Waals surface area (Å²) in [5.74, 6) is 0. The lowest BCUT2D eigenvalue weighted by Crippen LogP contribution is -2.17. The molecule has 0 N–H and O–H groups in total. The van der Waals surface area contributed by atoms with Gasteiger partial charge in [0.05, 0.1) is 0 Å². The summed E-state index contributed by atoms with van der Waals surface area (Å²) < 4.78 is 0. The highest BCUT2D eigenvalue weighted by molar-refractivity contribution is 9.03. The van der Waals surface area contributed by atoms with Gasteiger partial charge in [-0.25, -0.2) is 0 Å². The van der Waals surface area contributed by atoms with E-state index in [1.54, 1.807) is 0 Å². The third-order valence-corrected chi connectivity index (χ3v) is 16.3. The molecule has 0 unspecified atom stereocenters. The van der Waals surface area contributed by atoms with Crippen molar-refractivity contribution in [3.63, 3.8) is 0 Å². The summed E-state index contributed by atoms with van der Waals surface area (Å²) in [5.41, 5.74) is 0. The lowest BCUT2D eigenvalue weighted by Gasteiger charge is -2.62. The van der Waals surface area contributed by atoms with Gasteiger partial charge in [0.15, 0.2) is 0 Å². The van der Waals surface area contributed by atoms with Gasteiger partial charge < -0.3 is 0 Å². The monoisotopic (exact) mass is 450 g/mol. The molecule has 0 fully saturated rings. The van der Waals surface area contributed by atoms with E-state index in [1.165, 1.54) is 24.5 Å². The van der Waals surface area contributed by atoms with E-state index in [2.05, 4.69) is 152 Å². The molecule has 0 aliphatic rings. The molecule has 5 aromatic carbocycles. The average molecular weight is 451 g/mol. The van der Waals surface area contributed by atoms with Crippen LogP contribution in [0.2, 0.25) is 0 Å². The molecular weight excluding hydrogens is 424 g/mol. The molecule has 32 heavy (non-hydrogen) atoms. The maximum Gasteiger partial charge on any atom is 0.0164 e. The van der Waals surface area contributed by atoms with Crippen molar-refractivity contribution < 1.29 is 0 Å². The van der Waals surface area contributed by atoms with Crippen LogP contribution in [0.3, 0.4) is 0 Å². The van der Waals surface area contributed by atoms with Crippen LogP contribution in [0.1, 0.15) is 0 Å². The number of hydrogen-bond acceptors (Lipinski definition) is 1. The first-order valence-corrected chi connectivity index (χ1v) is 14.5. The Morgan fingerprint density at radius 2 is 0.562 bits per heavy atom. The Morgan fingerprint density at radius 1 is 0.312 bits per heavy atom. The molecule has 0 aliphatic heterocycles. The fourth-order valence-electron chi connectivity index (χ4n) is 4.65. The molecule has 5 aromatic rings. The van der Waals surface area contributed by atoms with Crippen molar-refractivity contribution in [2.45, 2.75) is 24.5 Å². The van der Waals surface area contributed by atoms with Crippen LogP contribution < -0.4 is 0 Å². The molecule has 0 atom stereocenters. The second-order valence-electron chi connectivity index (χ2n) is 7.78. The molecular formula is C30H26S2. The summed E-state index contributed by atoms with van der Waals surface area (Å²) >= 11 is 0. The van der Waals surface area contributed by atoms with Crippen LogP contribution in [-0.4, -0.2) is 0 Å². The molecule has 0 aromatic heterocycles. The predicted molar refractivity (Wildman–Crippen MR) is 140 cm³/mol. The van der Waals surface area contributed by atoms with Crippen LogP contribution in [0, 0.1) is 0 Å². The molecule has 2 heteroatoms. The van der Waals surface area contributed by atoms with Crippen molar-refractivity contribution >= 4 is 19.0 Å². The highest BCUT2D eigenvalue weighted by Gasteiger charge is 2.49. The highest BCUT2D eigenvalue weighted by Crippen LogP contribution is 2.97. The summed E-state index contributed by atoms with van der Waals surface area (Å²) in [7, 11) is -1.18. The molecule has 0 amide bonds. The standard InChI is InChI=1S/C30H26S2/c1-6-16-26(17-7-1)31-32(27-18-8-2-9-19-27,28-20-10-3-11-21-28,29-22-12-4-13-23-29)30-24-14-5-15-25-30/h1-25,32H. The van der Waals surface area contributed by atoms with Crippen molar-refractivity contribution in [1.29, 1.82) is 0 Å². The van der Waals surface area contributed by atoms with E-state index in [9.17, 15) is 0 Å². The fourth-order valence-corrected chi connectivity index (χ4v) is 14.9. The summed E-state index contributed by atoms with van der Waals surface area (Å²) in [6.07, 6.45) is 0. The first-order chi connectivity index (χ1) is 15.8. The second kappa shape index (κ2) is 8.74. The van der Waals surface area contributed by atoms with Crippen molar-refractivity contribution in [3.05, 3.63) is 152 Å². The summed E-state index contributed by atoms with van der Waals surface area (Å²) in [5, 5.41) is 0. The quantitative estimate of drug-likeness (QED) is 0.199. The van der Waals surface area contributed by atoms with Crippen molar-refractivity contribution in [1.82, 2.24) is 0 Å². The molecule has 0 heterocycles. The molecule has 0 spiro atoms. The largest absolute Gasteiger partial charge is 0.159 e. The molecule has 5 rings (SSSR count). The lowest BCUT2D eigenvalue weighted by atomic mass is 10.3. The van der Waals surface area contributed by atoms with Gasteiger partial charge in [-0.15, -0.1) is 0 Å². The summed E-state index contributed by atoms with van der Waals surface area (Å²) in [4.78, 5) is 6.70. The molecule has 0 bridgehead atoms. The van der Waals surface area contributed by atoms with Gasteiger partial charge in [0.25, 0.3) is 0 Å². The van der Waals surface area contributed by atoms with E-state index in [-0.39, 0.29) is 0 Å². The highest BCUT2D eigenvalue weighted by atomic mass is 33.2. The Balaban J connectivity index is 2.04. The van der Waals surface area contributed by atoms with E-state index in [0.29, 0.717) is 0 Å². The van der Waals surface area contributed by atoms with Gasteiger partial charge in [-0.3, -0.25) is 0 Å². The maximum atomic E-state index is 2.32. The van der Waals surface area contributed by atoms with Crippen molar-refractivity contribution in [2.75, 3.05) is 0 Å². The Labute approximate surface area is 194 Å². The van der Waals surface area contributed by atoms with E-state index in [4.69, 9.17) is 0 Å². The molecule has 0 saturated heterocycles. The minimum absolute atomic E-state index is 1.27. The Hall–Kier alpha value is -3.20. The smallest absolute Gasteiger partial charge is 0.0164 e. The van der Waals surface area contributed by atoms with Gasteiger partial charge in [-0.1, -0.05) is 102 Å². The van der Waals surface area contributed by atoms with Crippen molar-refractivity contribution in [2.24, 2.45) is 0 Å². The third kappa shape index (κ3) is 3.19. The molecule has 0 nitrogen and oxygen atoms in total. The third-order valence-electron chi connectivity index (χ3n) is 6.03. The van der Waals surface area contributed by atoms with Crippen LogP contribution in [0.5, 0.6) is 0 Å². The lowest BCUT2D eigenvalue weighted by molar-refractivity contribution is 1.23. The van der Waals surface area contributed by atoms with E-state index in [0.717, 1.165) is 0 Å². The minimum Gasteiger partial charge on any atom is -0.159 e. The fraction of sp³-hybridized carbons (Fsp3) is 0. The molecule has 0 saturated carbocycles. The predicted octanol–water partition coefficient (Wildman–Crippen LogP) is 9.00. The number of hydrogen-bond donors (Lipinski definition) is 1. The van der Waals surface area contributed by atoms with E-state index < -0.39 is 8.19 Å². The van der Waals surface area contributed by atoms with Crippen LogP contribution in [0.4, 0.5) is 0 Å². The SMILES string of the molecule is c1ccc(S[SH](c2ccccc2)(c2ccccc2)(c2ccccc2)c2ccccc2)cc1. The first-order valence-electron chi connectivity index (χ1n) is 10.8. The number of thiol groups is 1. The Kier molecular flexibility index (Phi) is 5.65. The Bertz CT molecular complexity index is 1100. The zero-order valence-corrected chi connectivity index (χ0v) is 19.5. The number of rotatable bonds is 6. The van der Waals surface area contributed by atoms with Gasteiger partial charge in [0.1, 0.15) is 0 Å². The van der Waals surface area contributed by atoms with Gasteiger partial charge >= 0.3 is 0 Å². The molecule has 0 aliphatic carbocycles. The average Bonchev–Trinajstić information content (AvgIpc) is 2.90.